The van der Waals surface area contributed by atoms with E-state index in [0.717, 1.165) is 79.8 Å². The van der Waals surface area contributed by atoms with Gasteiger partial charge in [0.2, 0.25) is 0 Å². The van der Waals surface area contributed by atoms with Crippen LogP contribution in [-0.4, -0.2) is 89.9 Å². The standard InChI is InChI=1S/C35H58N4O16P2/c1-24-20-38(34(44)36-32(24)42)30-18-26(28(22-40)52-30)54-56(46,47)50-16-14-12-10-8-6-4-3-5-7-9-11-13-15-17-51-57(48,49)55-27-19-31(53-29(27)23-41)39-21-25(2)33(43)37-35(39)45/h20-21,26-31,40-41H,3-19,22-23H2,1-2H3,(H,46,47)(H,48,49)(H,36,42,44)(H,37,43,45)/t26-,27-,28+,29+,30+,31+/m0/s1. The molecule has 2 aromatic heterocycles. The zero-order valence-corrected chi connectivity index (χ0v) is 34.3. The Morgan fingerprint density at radius 1 is 0.614 bits per heavy atom. The molecule has 0 aliphatic carbocycles. The van der Waals surface area contributed by atoms with E-state index in [1.54, 1.807) is 0 Å². The summed E-state index contributed by atoms with van der Waals surface area (Å²) in [6.07, 6.45) is 9.23. The molecule has 22 heteroatoms. The van der Waals surface area contributed by atoms with Gasteiger partial charge in [0.25, 0.3) is 11.1 Å². The van der Waals surface area contributed by atoms with Gasteiger partial charge in [0, 0.05) is 36.4 Å². The summed E-state index contributed by atoms with van der Waals surface area (Å²) in [6.45, 7) is 2.09. The first-order valence-electron chi connectivity index (χ1n) is 19.6. The molecular weight excluding hydrogens is 794 g/mol. The summed E-state index contributed by atoms with van der Waals surface area (Å²) < 4.78 is 59.6. The smallest absolute Gasteiger partial charge is 0.394 e. The van der Waals surface area contributed by atoms with Crippen LogP contribution in [-0.2, 0) is 36.7 Å². The fourth-order valence-electron chi connectivity index (χ4n) is 6.80. The van der Waals surface area contributed by atoms with Gasteiger partial charge in [-0.15, -0.1) is 0 Å². The predicted molar refractivity (Wildman–Crippen MR) is 205 cm³/mol. The van der Waals surface area contributed by atoms with Crippen LogP contribution in [0, 0.1) is 13.8 Å². The highest BCUT2D eigenvalue weighted by Crippen LogP contribution is 2.49. The molecule has 0 spiro atoms. The summed E-state index contributed by atoms with van der Waals surface area (Å²) in [4.78, 5) is 72.6. The van der Waals surface area contributed by atoms with Crippen molar-refractivity contribution in [3.8, 4) is 0 Å². The molecule has 2 aromatic rings. The number of aryl methyl sites for hydroxylation is 2. The van der Waals surface area contributed by atoms with E-state index in [9.17, 15) is 48.3 Å². The zero-order valence-electron chi connectivity index (χ0n) is 32.5. The van der Waals surface area contributed by atoms with Crippen molar-refractivity contribution < 1.29 is 56.7 Å². The molecule has 0 saturated carbocycles. The number of nitrogens with one attached hydrogen (secondary N) is 2. The largest absolute Gasteiger partial charge is 0.472 e. The van der Waals surface area contributed by atoms with Crippen LogP contribution in [0.3, 0.4) is 0 Å². The second-order valence-corrected chi connectivity index (χ2v) is 17.4. The van der Waals surface area contributed by atoms with Crippen LogP contribution >= 0.6 is 15.6 Å². The van der Waals surface area contributed by atoms with Crippen LogP contribution in [0.1, 0.15) is 120 Å². The first-order chi connectivity index (χ1) is 27.1. The van der Waals surface area contributed by atoms with Crippen LogP contribution in [0.2, 0.25) is 0 Å². The molecule has 324 valence electrons. The Hall–Kier alpha value is -2.58. The van der Waals surface area contributed by atoms with E-state index in [0.29, 0.717) is 12.8 Å². The van der Waals surface area contributed by atoms with Crippen molar-refractivity contribution in [3.05, 3.63) is 65.2 Å². The van der Waals surface area contributed by atoms with Gasteiger partial charge in [-0.1, -0.05) is 70.6 Å². The normalized spacial score (nSPS) is 24.5. The van der Waals surface area contributed by atoms with Crippen molar-refractivity contribution in [2.75, 3.05) is 26.4 Å². The van der Waals surface area contributed by atoms with Crippen LogP contribution < -0.4 is 22.5 Å². The molecule has 2 saturated heterocycles. The second-order valence-electron chi connectivity index (χ2n) is 14.5. The molecule has 2 aliphatic heterocycles. The monoisotopic (exact) mass is 852 g/mol. The highest BCUT2D eigenvalue weighted by molar-refractivity contribution is 7.47. The van der Waals surface area contributed by atoms with Crippen molar-refractivity contribution in [2.45, 2.75) is 147 Å². The Kier molecular flexibility index (Phi) is 18.8. The Morgan fingerprint density at radius 3 is 1.25 bits per heavy atom. The first kappa shape index (κ1) is 47.1. The minimum absolute atomic E-state index is 0.00388. The summed E-state index contributed by atoms with van der Waals surface area (Å²) in [5.41, 5.74) is -1.89. The topological polar surface area (TPSA) is 280 Å². The summed E-state index contributed by atoms with van der Waals surface area (Å²) in [5.74, 6) is 0. The van der Waals surface area contributed by atoms with Gasteiger partial charge in [0.15, 0.2) is 0 Å². The number of ether oxygens (including phenoxy) is 2. The number of rotatable bonds is 26. The van der Waals surface area contributed by atoms with Gasteiger partial charge in [-0.3, -0.25) is 46.8 Å². The maximum absolute atomic E-state index is 12.6. The van der Waals surface area contributed by atoms with Gasteiger partial charge in [0.05, 0.1) is 26.4 Å². The number of nitrogens with zero attached hydrogens (tertiary/aromatic N) is 2. The van der Waals surface area contributed by atoms with Crippen molar-refractivity contribution in [1.82, 2.24) is 19.1 Å². The summed E-state index contributed by atoms with van der Waals surface area (Å²) in [7, 11) is -8.90. The van der Waals surface area contributed by atoms with Gasteiger partial charge in [-0.2, -0.15) is 0 Å². The van der Waals surface area contributed by atoms with Crippen LogP contribution in [0.15, 0.2) is 31.6 Å². The van der Waals surface area contributed by atoms with Crippen LogP contribution in [0.4, 0.5) is 0 Å². The van der Waals surface area contributed by atoms with E-state index in [1.165, 1.54) is 26.2 Å². The third kappa shape index (κ3) is 14.9. The number of phosphoric ester groups is 2. The lowest BCUT2D eigenvalue weighted by Crippen LogP contribution is -2.33. The summed E-state index contributed by atoms with van der Waals surface area (Å²) >= 11 is 0. The minimum Gasteiger partial charge on any atom is -0.394 e. The van der Waals surface area contributed by atoms with Crippen molar-refractivity contribution in [1.29, 1.82) is 0 Å². The zero-order chi connectivity index (χ0) is 41.6. The lowest BCUT2D eigenvalue weighted by atomic mass is 10.0. The Labute approximate surface area is 329 Å². The third-order valence-electron chi connectivity index (χ3n) is 9.97. The van der Waals surface area contributed by atoms with Crippen LogP contribution in [0.25, 0.3) is 0 Å². The quantitative estimate of drug-likeness (QED) is 0.0585. The molecule has 4 rings (SSSR count). The molecule has 0 aromatic carbocycles. The number of phosphoric acid groups is 2. The Morgan fingerprint density at radius 2 is 0.930 bits per heavy atom. The average molecular weight is 853 g/mol. The first-order valence-corrected chi connectivity index (χ1v) is 22.6. The maximum atomic E-state index is 12.6. The molecule has 6 N–H and O–H groups in total. The molecule has 57 heavy (non-hydrogen) atoms. The van der Waals surface area contributed by atoms with Crippen molar-refractivity contribution in [3.63, 3.8) is 0 Å². The lowest BCUT2D eigenvalue weighted by molar-refractivity contribution is -0.0464. The van der Waals surface area contributed by atoms with Gasteiger partial charge in [-0.25, -0.2) is 18.7 Å². The fourth-order valence-corrected chi connectivity index (χ4v) is 8.77. The number of hydrogen-bond acceptors (Lipinski definition) is 14. The van der Waals surface area contributed by atoms with E-state index in [1.807, 2.05) is 0 Å². The average Bonchev–Trinajstić information content (AvgIpc) is 3.74. The third-order valence-corrected chi connectivity index (χ3v) is 12.1. The maximum Gasteiger partial charge on any atom is 0.472 e. The van der Waals surface area contributed by atoms with Crippen molar-refractivity contribution in [2.24, 2.45) is 0 Å². The highest BCUT2D eigenvalue weighted by Gasteiger charge is 2.43. The van der Waals surface area contributed by atoms with Gasteiger partial charge in [-0.05, 0) is 26.7 Å². The van der Waals surface area contributed by atoms with Crippen LogP contribution in [0.5, 0.6) is 0 Å². The molecule has 0 amide bonds. The van der Waals surface area contributed by atoms with Crippen molar-refractivity contribution >= 4 is 15.6 Å². The number of hydrogen-bond donors (Lipinski definition) is 6. The lowest BCUT2D eigenvalue weighted by Gasteiger charge is -2.19. The van der Waals surface area contributed by atoms with E-state index in [2.05, 4.69) is 9.97 Å². The van der Waals surface area contributed by atoms with E-state index in [4.69, 9.17) is 27.6 Å². The summed E-state index contributed by atoms with van der Waals surface area (Å²) in [6, 6.07) is 0. The summed E-state index contributed by atoms with van der Waals surface area (Å²) in [5, 5.41) is 19.4. The highest BCUT2D eigenvalue weighted by atomic mass is 31.2. The second kappa shape index (κ2) is 22.7. The number of aliphatic hydroxyl groups excluding tert-OH is 2. The molecule has 0 radical (unpaired) electrons. The molecule has 2 fully saturated rings. The van der Waals surface area contributed by atoms with Gasteiger partial charge >= 0.3 is 27.0 Å². The van der Waals surface area contributed by atoms with E-state index in [-0.39, 0.29) is 37.2 Å². The predicted octanol–water partition coefficient (Wildman–Crippen LogP) is 3.34. The number of unbranched alkanes of at least 4 members (excludes halogenated alkanes) is 12. The Bertz CT molecular complexity index is 1770. The van der Waals surface area contributed by atoms with E-state index < -0.39 is 88.2 Å². The SMILES string of the molecule is Cc1cn([C@H]2C[C@H](OP(=O)(O)OCCCCCCCCCCCCCCCOP(=O)(O)O[C@H]3C[C@H](n4cc(C)c(=O)[nH]c4=O)O[C@@H]3CO)[C@@H](CO)O2)c(=O)[nH]c1=O. The number of aromatic nitrogens is 4. The number of aliphatic hydroxyl groups is 2. The minimum atomic E-state index is -4.45. The van der Waals surface area contributed by atoms with Gasteiger partial charge < -0.3 is 29.5 Å². The molecular formula is C35H58N4O16P2. The fraction of sp³-hybridized carbons (Fsp3) is 0.771. The molecule has 2 unspecified atom stereocenters. The molecule has 20 nitrogen and oxygen atoms in total. The Balaban J connectivity index is 0.966. The number of aromatic amines is 2. The van der Waals surface area contributed by atoms with E-state index >= 15 is 0 Å². The molecule has 4 heterocycles. The number of H-pyrrole nitrogens is 2. The molecule has 8 atom stereocenters. The molecule has 0 bridgehead atoms. The van der Waals surface area contributed by atoms with Gasteiger partial charge in [0.1, 0.15) is 36.9 Å². The molecule has 2 aliphatic rings.